The highest BCUT2D eigenvalue weighted by atomic mass is 32.2. The molecule has 7 nitrogen and oxygen atoms in total. The topological polar surface area (TPSA) is 110 Å². The maximum absolute atomic E-state index is 12.2. The summed E-state index contributed by atoms with van der Waals surface area (Å²) in [6.07, 6.45) is 0.975. The number of H-pyrrole nitrogens is 1. The molecule has 0 aliphatic heterocycles. The number of nitrogens with two attached hydrogens (primary N) is 1. The molecule has 0 fully saturated rings. The second-order valence-electron chi connectivity index (χ2n) is 5.93. The molecule has 1 aromatic heterocycles. The minimum Gasteiger partial charge on any atom is -0.465 e. The quantitative estimate of drug-likeness (QED) is 0.463. The molecule has 0 saturated heterocycles. The maximum atomic E-state index is 12.2. The minimum absolute atomic E-state index is 0.257. The van der Waals surface area contributed by atoms with Gasteiger partial charge >= 0.3 is 5.97 Å². The van der Waals surface area contributed by atoms with E-state index < -0.39 is 5.97 Å². The van der Waals surface area contributed by atoms with E-state index in [4.69, 9.17) is 5.73 Å². The van der Waals surface area contributed by atoms with E-state index in [0.717, 1.165) is 6.42 Å². The molecular formula is C17H22N4O3S. The second-order valence-corrected chi connectivity index (χ2v) is 6.92. The van der Waals surface area contributed by atoms with Crippen molar-refractivity contribution in [3.8, 4) is 0 Å². The molecule has 0 spiro atoms. The van der Waals surface area contributed by atoms with Crippen molar-refractivity contribution in [1.29, 1.82) is 0 Å². The number of benzene rings is 1. The Morgan fingerprint density at radius 2 is 2.20 bits per heavy atom. The molecule has 0 radical (unpaired) electrons. The zero-order chi connectivity index (χ0) is 18.4. The van der Waals surface area contributed by atoms with Crippen LogP contribution in [0.5, 0.6) is 0 Å². The van der Waals surface area contributed by atoms with E-state index in [9.17, 15) is 9.59 Å². The van der Waals surface area contributed by atoms with Crippen molar-refractivity contribution >= 4 is 33.8 Å². The van der Waals surface area contributed by atoms with Gasteiger partial charge in [-0.3, -0.25) is 9.79 Å². The van der Waals surface area contributed by atoms with E-state index in [-0.39, 0.29) is 5.56 Å². The first-order valence-corrected chi connectivity index (χ1v) is 8.93. The van der Waals surface area contributed by atoms with Crippen LogP contribution in [0.15, 0.2) is 28.0 Å². The van der Waals surface area contributed by atoms with Gasteiger partial charge < -0.3 is 15.5 Å². The molecule has 2 aromatic rings. The van der Waals surface area contributed by atoms with Gasteiger partial charge in [0.1, 0.15) is 5.82 Å². The predicted molar refractivity (Wildman–Crippen MR) is 101 cm³/mol. The minimum atomic E-state index is -0.471. The molecule has 0 amide bonds. The second kappa shape index (κ2) is 8.66. The number of aromatic amines is 1. The van der Waals surface area contributed by atoms with E-state index in [1.54, 1.807) is 18.2 Å². The van der Waals surface area contributed by atoms with Crippen molar-refractivity contribution in [3.63, 3.8) is 0 Å². The molecule has 2 rings (SSSR count). The molecule has 8 heteroatoms. The van der Waals surface area contributed by atoms with Crippen LogP contribution in [0, 0.1) is 5.92 Å². The van der Waals surface area contributed by atoms with E-state index in [2.05, 4.69) is 33.5 Å². The first-order valence-electron chi connectivity index (χ1n) is 7.94. The Bertz CT molecular complexity index is 845. The van der Waals surface area contributed by atoms with Gasteiger partial charge in [-0.15, -0.1) is 0 Å². The van der Waals surface area contributed by atoms with Crippen LogP contribution in [0.3, 0.4) is 0 Å². The number of esters is 1. The first-order chi connectivity index (χ1) is 11.9. The Labute approximate surface area is 150 Å². The first kappa shape index (κ1) is 19.0. The van der Waals surface area contributed by atoms with Gasteiger partial charge in [0.15, 0.2) is 5.17 Å². The SMILES string of the molecule is COC(=O)c1ccc2c(=O)[nH]c(CSC(N)=NCCC(C)C)nc2c1. The van der Waals surface area contributed by atoms with Crippen molar-refractivity contribution in [1.82, 2.24) is 9.97 Å². The molecule has 0 unspecified atom stereocenters. The number of hydrogen-bond acceptors (Lipinski definition) is 6. The molecule has 134 valence electrons. The average molecular weight is 362 g/mol. The van der Waals surface area contributed by atoms with Crippen LogP contribution in [0.2, 0.25) is 0 Å². The highest BCUT2D eigenvalue weighted by molar-refractivity contribution is 8.13. The van der Waals surface area contributed by atoms with E-state index in [0.29, 0.717) is 45.7 Å². The Morgan fingerprint density at radius 1 is 1.44 bits per heavy atom. The molecule has 0 bridgehead atoms. The smallest absolute Gasteiger partial charge is 0.337 e. The van der Waals surface area contributed by atoms with E-state index in [1.165, 1.54) is 18.9 Å². The summed E-state index contributed by atoms with van der Waals surface area (Å²) in [5, 5.41) is 0.881. The molecule has 25 heavy (non-hydrogen) atoms. The maximum Gasteiger partial charge on any atom is 0.337 e. The summed E-state index contributed by atoms with van der Waals surface area (Å²) in [5.41, 5.74) is 6.41. The Kier molecular flexibility index (Phi) is 6.58. The van der Waals surface area contributed by atoms with Crippen LogP contribution in [0.25, 0.3) is 10.9 Å². The van der Waals surface area contributed by atoms with Gasteiger partial charge in [0, 0.05) is 6.54 Å². The predicted octanol–water partition coefficient (Wildman–Crippen LogP) is 2.30. The third kappa shape index (κ3) is 5.32. The largest absolute Gasteiger partial charge is 0.465 e. The number of methoxy groups -OCH3 is 1. The molecule has 0 atom stereocenters. The van der Waals surface area contributed by atoms with Gasteiger partial charge in [-0.2, -0.15) is 0 Å². The number of rotatable bonds is 6. The van der Waals surface area contributed by atoms with Crippen molar-refractivity contribution < 1.29 is 9.53 Å². The monoisotopic (exact) mass is 362 g/mol. The van der Waals surface area contributed by atoms with Gasteiger partial charge in [-0.05, 0) is 30.5 Å². The number of aliphatic imine (C=N–C) groups is 1. The van der Waals surface area contributed by atoms with Crippen molar-refractivity contribution in [3.05, 3.63) is 39.9 Å². The summed E-state index contributed by atoms with van der Waals surface area (Å²) in [5.74, 6) is 0.974. The molecule has 3 N–H and O–H groups in total. The summed E-state index contributed by atoms with van der Waals surface area (Å²) in [6.45, 7) is 4.94. The number of amidine groups is 1. The number of nitrogens with one attached hydrogen (secondary N) is 1. The molecule has 1 heterocycles. The lowest BCUT2D eigenvalue weighted by atomic mass is 10.1. The Balaban J connectivity index is 2.16. The van der Waals surface area contributed by atoms with Crippen LogP contribution in [-0.2, 0) is 10.5 Å². The number of carbonyl (C=O) groups is 1. The fraction of sp³-hybridized carbons (Fsp3) is 0.412. The highest BCUT2D eigenvalue weighted by Crippen LogP contribution is 2.14. The number of hydrogen-bond donors (Lipinski definition) is 2. The highest BCUT2D eigenvalue weighted by Gasteiger charge is 2.10. The normalized spacial score (nSPS) is 11.9. The van der Waals surface area contributed by atoms with Crippen molar-refractivity contribution in [2.24, 2.45) is 16.6 Å². The molecule has 1 aromatic carbocycles. The molecular weight excluding hydrogens is 340 g/mol. The Hall–Kier alpha value is -2.35. The standard InChI is InChI=1S/C17H22N4O3S/c1-10(2)6-7-19-17(18)25-9-14-20-13-8-11(16(23)24-3)4-5-12(13)15(22)21-14/h4-5,8,10H,6-7,9H2,1-3H3,(H2,18,19)(H,20,21,22). The van der Waals surface area contributed by atoms with Crippen LogP contribution >= 0.6 is 11.8 Å². The summed E-state index contributed by atoms with van der Waals surface area (Å²) < 4.78 is 4.69. The van der Waals surface area contributed by atoms with E-state index in [1.807, 2.05) is 0 Å². The lowest BCUT2D eigenvalue weighted by molar-refractivity contribution is 0.0601. The summed E-state index contributed by atoms with van der Waals surface area (Å²) in [6, 6.07) is 4.65. The van der Waals surface area contributed by atoms with Gasteiger partial charge in [0.2, 0.25) is 0 Å². The lowest BCUT2D eigenvalue weighted by Gasteiger charge is -2.05. The summed E-state index contributed by atoms with van der Waals surface area (Å²) in [7, 11) is 1.31. The van der Waals surface area contributed by atoms with Crippen LogP contribution in [0.1, 0.15) is 36.5 Å². The average Bonchev–Trinajstić information content (AvgIpc) is 2.58. The number of carbonyl (C=O) groups excluding carboxylic acids is 1. The van der Waals surface area contributed by atoms with Gasteiger partial charge in [-0.25, -0.2) is 9.78 Å². The van der Waals surface area contributed by atoms with Crippen molar-refractivity contribution in [2.75, 3.05) is 13.7 Å². The van der Waals surface area contributed by atoms with Crippen LogP contribution in [0.4, 0.5) is 0 Å². The Morgan fingerprint density at radius 3 is 2.88 bits per heavy atom. The lowest BCUT2D eigenvalue weighted by Crippen LogP contribution is -2.14. The third-order valence-corrected chi connectivity index (χ3v) is 4.35. The number of thioether (sulfide) groups is 1. The van der Waals surface area contributed by atoms with Gasteiger partial charge in [0.25, 0.3) is 5.56 Å². The fourth-order valence-corrected chi connectivity index (χ4v) is 2.73. The van der Waals surface area contributed by atoms with Gasteiger partial charge in [0.05, 0.1) is 29.3 Å². The van der Waals surface area contributed by atoms with Crippen molar-refractivity contribution in [2.45, 2.75) is 26.0 Å². The van der Waals surface area contributed by atoms with Crippen LogP contribution < -0.4 is 11.3 Å². The zero-order valence-electron chi connectivity index (χ0n) is 14.5. The fourth-order valence-electron chi connectivity index (χ4n) is 2.12. The number of aromatic nitrogens is 2. The zero-order valence-corrected chi connectivity index (χ0v) is 15.4. The van der Waals surface area contributed by atoms with E-state index >= 15 is 0 Å². The number of nitrogens with zero attached hydrogens (tertiary/aromatic N) is 2. The summed E-state index contributed by atoms with van der Waals surface area (Å²) >= 11 is 1.32. The molecule has 0 aliphatic rings. The summed E-state index contributed by atoms with van der Waals surface area (Å²) in [4.78, 5) is 35.2. The van der Waals surface area contributed by atoms with Gasteiger partial charge in [-0.1, -0.05) is 25.6 Å². The third-order valence-electron chi connectivity index (χ3n) is 3.51. The molecule has 0 aliphatic carbocycles. The number of fused-ring (bicyclic) bond motifs is 1. The molecule has 0 saturated carbocycles. The number of ether oxygens (including phenoxy) is 1. The van der Waals surface area contributed by atoms with Crippen LogP contribution in [-0.4, -0.2) is 34.8 Å².